The lowest BCUT2D eigenvalue weighted by molar-refractivity contribution is 0.297. The van der Waals surface area contributed by atoms with Crippen LogP contribution in [0.3, 0.4) is 0 Å². The minimum Gasteiger partial charge on any atom is -0.316 e. The van der Waals surface area contributed by atoms with Crippen LogP contribution in [0.25, 0.3) is 0 Å². The first-order chi connectivity index (χ1) is 7.87. The Balaban J connectivity index is 2.07. The maximum Gasteiger partial charge on any atom is -0.000687 e. The van der Waals surface area contributed by atoms with E-state index in [1.165, 1.54) is 39.1 Å². The van der Waals surface area contributed by atoms with E-state index in [-0.39, 0.29) is 0 Å². The van der Waals surface area contributed by atoms with Gasteiger partial charge in [-0.25, -0.2) is 0 Å². The van der Waals surface area contributed by atoms with Crippen molar-refractivity contribution in [2.24, 2.45) is 16.7 Å². The van der Waals surface area contributed by atoms with Crippen molar-refractivity contribution in [1.82, 2.24) is 10.2 Å². The minimum absolute atomic E-state index is 0.527. The van der Waals surface area contributed by atoms with Crippen LogP contribution in [-0.4, -0.2) is 37.6 Å². The Morgan fingerprint density at radius 3 is 1.94 bits per heavy atom. The molecule has 1 aliphatic carbocycles. The van der Waals surface area contributed by atoms with Gasteiger partial charge in [0.1, 0.15) is 0 Å². The average molecular weight is 240 g/mol. The number of nitrogens with zero attached hydrogens (tertiary/aromatic N) is 1. The Kier molecular flexibility index (Phi) is 5.03. The SMILES string of the molecule is CCN(CC)CCCNCC1C(C)(C)C1(C)C. The van der Waals surface area contributed by atoms with Gasteiger partial charge in [0.2, 0.25) is 0 Å². The van der Waals surface area contributed by atoms with E-state index in [0.717, 1.165) is 5.92 Å². The lowest BCUT2D eigenvalue weighted by Gasteiger charge is -2.17. The molecule has 2 nitrogen and oxygen atoms in total. The van der Waals surface area contributed by atoms with Gasteiger partial charge in [-0.05, 0) is 55.9 Å². The van der Waals surface area contributed by atoms with Gasteiger partial charge in [0.25, 0.3) is 0 Å². The molecule has 0 aromatic heterocycles. The molecule has 1 fully saturated rings. The Labute approximate surface area is 108 Å². The van der Waals surface area contributed by atoms with E-state index in [4.69, 9.17) is 0 Å². The predicted octanol–water partition coefficient (Wildman–Crippen LogP) is 2.99. The highest BCUT2D eigenvalue weighted by atomic mass is 15.1. The molecule has 0 atom stereocenters. The number of hydrogen-bond acceptors (Lipinski definition) is 2. The molecule has 0 radical (unpaired) electrons. The van der Waals surface area contributed by atoms with Crippen LogP contribution in [0.15, 0.2) is 0 Å². The van der Waals surface area contributed by atoms with Crippen LogP contribution in [0.1, 0.15) is 48.0 Å². The van der Waals surface area contributed by atoms with Gasteiger partial charge < -0.3 is 10.2 Å². The summed E-state index contributed by atoms with van der Waals surface area (Å²) in [4.78, 5) is 2.49. The first kappa shape index (κ1) is 15.0. The second-order valence-electron chi connectivity index (χ2n) is 6.58. The predicted molar refractivity (Wildman–Crippen MR) is 76.3 cm³/mol. The molecule has 0 aromatic rings. The highest BCUT2D eigenvalue weighted by Gasteiger charge is 2.63. The van der Waals surface area contributed by atoms with Crippen molar-refractivity contribution in [3.05, 3.63) is 0 Å². The molecule has 0 heterocycles. The molecule has 1 saturated carbocycles. The number of rotatable bonds is 8. The van der Waals surface area contributed by atoms with Crippen molar-refractivity contribution in [2.45, 2.75) is 48.0 Å². The van der Waals surface area contributed by atoms with Gasteiger partial charge in [-0.15, -0.1) is 0 Å². The van der Waals surface area contributed by atoms with Crippen LogP contribution in [0.2, 0.25) is 0 Å². The van der Waals surface area contributed by atoms with Crippen molar-refractivity contribution in [1.29, 1.82) is 0 Å². The van der Waals surface area contributed by atoms with Crippen LogP contribution in [0.4, 0.5) is 0 Å². The largest absolute Gasteiger partial charge is 0.316 e. The molecule has 1 N–H and O–H groups in total. The maximum absolute atomic E-state index is 3.64. The van der Waals surface area contributed by atoms with E-state index < -0.39 is 0 Å². The summed E-state index contributed by atoms with van der Waals surface area (Å²) in [6.45, 7) is 20.0. The average Bonchev–Trinajstić information content (AvgIpc) is 2.65. The molecule has 0 bridgehead atoms. The van der Waals surface area contributed by atoms with Gasteiger partial charge in [0, 0.05) is 0 Å². The van der Waals surface area contributed by atoms with Gasteiger partial charge in [0.15, 0.2) is 0 Å². The third-order valence-electron chi connectivity index (χ3n) is 5.39. The summed E-state index contributed by atoms with van der Waals surface area (Å²) in [5, 5.41) is 3.64. The molecular weight excluding hydrogens is 208 g/mol. The van der Waals surface area contributed by atoms with Gasteiger partial charge in [-0.3, -0.25) is 0 Å². The van der Waals surface area contributed by atoms with Crippen LogP contribution in [0, 0.1) is 16.7 Å². The molecule has 0 aliphatic heterocycles. The molecule has 2 heteroatoms. The molecule has 0 spiro atoms. The van der Waals surface area contributed by atoms with E-state index >= 15 is 0 Å². The summed E-state index contributed by atoms with van der Waals surface area (Å²) >= 11 is 0. The van der Waals surface area contributed by atoms with E-state index in [1.807, 2.05) is 0 Å². The lowest BCUT2D eigenvalue weighted by Crippen LogP contribution is -2.28. The summed E-state index contributed by atoms with van der Waals surface area (Å²) in [6, 6.07) is 0. The van der Waals surface area contributed by atoms with Crippen LogP contribution < -0.4 is 5.32 Å². The number of nitrogens with one attached hydrogen (secondary N) is 1. The molecule has 1 rings (SSSR count). The quantitative estimate of drug-likeness (QED) is 0.656. The fraction of sp³-hybridized carbons (Fsp3) is 1.00. The summed E-state index contributed by atoms with van der Waals surface area (Å²) in [5.74, 6) is 0.850. The minimum atomic E-state index is 0.527. The highest BCUT2D eigenvalue weighted by Crippen LogP contribution is 2.67. The van der Waals surface area contributed by atoms with E-state index in [2.05, 4.69) is 51.8 Å². The Morgan fingerprint density at radius 1 is 1.00 bits per heavy atom. The summed E-state index contributed by atoms with van der Waals surface area (Å²) in [6.07, 6.45) is 1.27. The van der Waals surface area contributed by atoms with Crippen molar-refractivity contribution in [3.63, 3.8) is 0 Å². The monoisotopic (exact) mass is 240 g/mol. The summed E-state index contributed by atoms with van der Waals surface area (Å²) in [5.41, 5.74) is 1.05. The second-order valence-corrected chi connectivity index (χ2v) is 6.58. The molecule has 1 aliphatic rings. The van der Waals surface area contributed by atoms with E-state index in [0.29, 0.717) is 10.8 Å². The Morgan fingerprint density at radius 2 is 1.53 bits per heavy atom. The molecule has 102 valence electrons. The molecule has 17 heavy (non-hydrogen) atoms. The zero-order chi connectivity index (χ0) is 13.1. The lowest BCUT2D eigenvalue weighted by atomic mass is 10.0. The van der Waals surface area contributed by atoms with Crippen LogP contribution in [0.5, 0.6) is 0 Å². The third kappa shape index (κ3) is 3.23. The fourth-order valence-corrected chi connectivity index (χ4v) is 3.06. The van der Waals surface area contributed by atoms with Crippen molar-refractivity contribution < 1.29 is 0 Å². The van der Waals surface area contributed by atoms with Crippen molar-refractivity contribution >= 4 is 0 Å². The zero-order valence-corrected chi connectivity index (χ0v) is 12.8. The zero-order valence-electron chi connectivity index (χ0n) is 12.8. The molecular formula is C15H32N2. The van der Waals surface area contributed by atoms with Crippen molar-refractivity contribution in [2.75, 3.05) is 32.7 Å². The normalized spacial score (nSPS) is 22.1. The third-order valence-corrected chi connectivity index (χ3v) is 5.39. The van der Waals surface area contributed by atoms with Gasteiger partial charge in [-0.1, -0.05) is 41.5 Å². The summed E-state index contributed by atoms with van der Waals surface area (Å²) < 4.78 is 0. The van der Waals surface area contributed by atoms with E-state index in [1.54, 1.807) is 0 Å². The van der Waals surface area contributed by atoms with E-state index in [9.17, 15) is 0 Å². The molecule has 0 aromatic carbocycles. The second kappa shape index (κ2) is 5.71. The fourth-order valence-electron chi connectivity index (χ4n) is 3.06. The van der Waals surface area contributed by atoms with Gasteiger partial charge in [0.05, 0.1) is 0 Å². The smallest absolute Gasteiger partial charge is 0.000687 e. The molecule has 0 unspecified atom stereocenters. The summed E-state index contributed by atoms with van der Waals surface area (Å²) in [7, 11) is 0. The van der Waals surface area contributed by atoms with Gasteiger partial charge in [-0.2, -0.15) is 0 Å². The Bertz CT molecular complexity index is 215. The van der Waals surface area contributed by atoms with Crippen LogP contribution >= 0.6 is 0 Å². The van der Waals surface area contributed by atoms with Crippen molar-refractivity contribution in [3.8, 4) is 0 Å². The highest BCUT2D eigenvalue weighted by molar-refractivity contribution is 5.12. The number of hydrogen-bond donors (Lipinski definition) is 1. The maximum atomic E-state index is 3.64. The Hall–Kier alpha value is -0.0800. The van der Waals surface area contributed by atoms with Gasteiger partial charge >= 0.3 is 0 Å². The molecule has 0 amide bonds. The standard InChI is InChI=1S/C15H32N2/c1-7-17(8-2)11-9-10-16-12-13-14(3,4)15(13,5)6/h13,16H,7-12H2,1-6H3. The molecule has 0 saturated heterocycles. The first-order valence-corrected chi connectivity index (χ1v) is 7.31. The first-order valence-electron chi connectivity index (χ1n) is 7.31. The topological polar surface area (TPSA) is 15.3 Å². The van der Waals surface area contributed by atoms with Crippen LogP contribution in [-0.2, 0) is 0 Å².